The molecule has 0 aromatic heterocycles. The normalized spacial score (nSPS) is 27.3. The predicted octanol–water partition coefficient (Wildman–Crippen LogP) is 3.48. The van der Waals surface area contributed by atoms with Gasteiger partial charge in [-0.25, -0.2) is 4.79 Å². The first-order valence-electron chi connectivity index (χ1n) is 8.26. The molecule has 2 fully saturated rings. The van der Waals surface area contributed by atoms with E-state index in [1.807, 2.05) is 53.4 Å². The summed E-state index contributed by atoms with van der Waals surface area (Å²) in [6.45, 7) is 14.6. The van der Waals surface area contributed by atoms with Gasteiger partial charge in [-0.15, -0.1) is 0 Å². The van der Waals surface area contributed by atoms with Crippen LogP contribution < -0.4 is 0 Å². The Morgan fingerprint density at radius 3 is 2.27 bits per heavy atom. The van der Waals surface area contributed by atoms with E-state index in [1.165, 1.54) is 0 Å². The molecular weight excluding hydrogens is 281 g/mol. The van der Waals surface area contributed by atoms with Crippen molar-refractivity contribution in [2.24, 2.45) is 0 Å². The van der Waals surface area contributed by atoms with Crippen molar-refractivity contribution in [2.45, 2.75) is 90.5 Å². The summed E-state index contributed by atoms with van der Waals surface area (Å²) in [7, 11) is -0.266. The summed E-state index contributed by atoms with van der Waals surface area (Å²) < 4.78 is 17.6. The fraction of sp³-hybridized carbons (Fsp3) is 0.938. The molecule has 0 aliphatic carbocycles. The number of hydrogen-bond acceptors (Lipinski definition) is 4. The SMILES string of the molecule is CC(C)(C)OC(=O)N1CCC[C@H]1CB1OC(C)(C)C(C)(C)O1. The van der Waals surface area contributed by atoms with Gasteiger partial charge in [0.05, 0.1) is 11.2 Å². The highest BCUT2D eigenvalue weighted by molar-refractivity contribution is 6.45. The molecule has 2 saturated heterocycles. The Labute approximate surface area is 134 Å². The second-order valence-corrected chi connectivity index (χ2v) is 8.39. The number of ether oxygens (including phenoxy) is 1. The highest BCUT2D eigenvalue weighted by atomic mass is 16.7. The number of likely N-dealkylation sites (tertiary alicyclic amines) is 1. The quantitative estimate of drug-likeness (QED) is 0.733. The van der Waals surface area contributed by atoms with Gasteiger partial charge in [0, 0.05) is 18.9 Å². The third-order valence-corrected chi connectivity index (χ3v) is 4.77. The van der Waals surface area contributed by atoms with Crippen LogP contribution in [0.3, 0.4) is 0 Å². The number of hydrogen-bond donors (Lipinski definition) is 0. The first-order valence-corrected chi connectivity index (χ1v) is 8.26. The van der Waals surface area contributed by atoms with E-state index in [0.29, 0.717) is 6.32 Å². The monoisotopic (exact) mass is 311 g/mol. The number of carbonyl (C=O) groups excluding carboxylic acids is 1. The van der Waals surface area contributed by atoms with Crippen LogP contribution in [0.15, 0.2) is 0 Å². The number of amides is 1. The minimum absolute atomic E-state index is 0.129. The topological polar surface area (TPSA) is 48.0 Å². The third kappa shape index (κ3) is 3.77. The molecular formula is C16H30BNO4. The summed E-state index contributed by atoms with van der Waals surface area (Å²) in [4.78, 5) is 14.2. The van der Waals surface area contributed by atoms with Crippen LogP contribution in [0.4, 0.5) is 4.79 Å². The van der Waals surface area contributed by atoms with Crippen LogP contribution in [-0.2, 0) is 14.0 Å². The van der Waals surface area contributed by atoms with Gasteiger partial charge in [-0.2, -0.15) is 0 Å². The zero-order valence-electron chi connectivity index (χ0n) is 15.1. The summed E-state index contributed by atoms with van der Waals surface area (Å²) in [5.41, 5.74) is -1.12. The van der Waals surface area contributed by atoms with E-state index in [9.17, 15) is 4.79 Å². The summed E-state index contributed by atoms with van der Waals surface area (Å²) in [5, 5.41) is 0. The molecule has 0 aromatic carbocycles. The molecule has 2 rings (SSSR count). The molecule has 22 heavy (non-hydrogen) atoms. The van der Waals surface area contributed by atoms with Crippen molar-refractivity contribution in [1.29, 1.82) is 0 Å². The molecule has 6 heteroatoms. The lowest BCUT2D eigenvalue weighted by molar-refractivity contribution is 0.00578. The van der Waals surface area contributed by atoms with Crippen LogP contribution in [0.5, 0.6) is 0 Å². The zero-order valence-corrected chi connectivity index (χ0v) is 15.1. The van der Waals surface area contributed by atoms with Crippen LogP contribution in [0.1, 0.15) is 61.3 Å². The van der Waals surface area contributed by atoms with Crippen LogP contribution in [0.2, 0.25) is 6.32 Å². The van der Waals surface area contributed by atoms with Crippen molar-refractivity contribution in [2.75, 3.05) is 6.54 Å². The van der Waals surface area contributed by atoms with Gasteiger partial charge >= 0.3 is 13.2 Å². The molecule has 2 aliphatic heterocycles. The van der Waals surface area contributed by atoms with Crippen LogP contribution in [0.25, 0.3) is 0 Å². The van der Waals surface area contributed by atoms with Gasteiger partial charge in [0.25, 0.3) is 0 Å². The van der Waals surface area contributed by atoms with Gasteiger partial charge in [0.1, 0.15) is 5.60 Å². The lowest BCUT2D eigenvalue weighted by Gasteiger charge is -2.32. The van der Waals surface area contributed by atoms with Gasteiger partial charge in [0.15, 0.2) is 0 Å². The molecule has 0 aromatic rings. The van der Waals surface area contributed by atoms with Crippen LogP contribution in [0, 0.1) is 0 Å². The van der Waals surface area contributed by atoms with E-state index < -0.39 is 5.60 Å². The van der Waals surface area contributed by atoms with Gasteiger partial charge in [0.2, 0.25) is 0 Å². The van der Waals surface area contributed by atoms with Gasteiger partial charge in [-0.05, 0) is 61.3 Å². The van der Waals surface area contributed by atoms with Crippen molar-refractivity contribution < 1.29 is 18.8 Å². The Balaban J connectivity index is 1.97. The maximum atomic E-state index is 12.3. The van der Waals surface area contributed by atoms with Crippen LogP contribution >= 0.6 is 0 Å². The van der Waals surface area contributed by atoms with Gasteiger partial charge in [-0.3, -0.25) is 0 Å². The second-order valence-electron chi connectivity index (χ2n) is 8.39. The first-order chi connectivity index (χ1) is 9.91. The fourth-order valence-corrected chi connectivity index (χ4v) is 2.93. The minimum atomic E-state index is -0.464. The van der Waals surface area contributed by atoms with Crippen molar-refractivity contribution >= 4 is 13.2 Å². The standard InChI is InChI=1S/C16H30BNO4/c1-14(2,3)20-13(19)18-10-8-9-12(18)11-17-21-15(4,5)16(6,7)22-17/h12H,8-11H2,1-7H3/t12-/m0/s1. The Hall–Kier alpha value is -0.745. The Kier molecular flexibility index (Phi) is 4.57. The molecule has 0 N–H and O–H groups in total. The molecule has 1 atom stereocenters. The first kappa shape index (κ1) is 17.6. The Morgan fingerprint density at radius 2 is 1.77 bits per heavy atom. The van der Waals surface area contributed by atoms with E-state index in [-0.39, 0.29) is 30.5 Å². The number of nitrogens with zero attached hydrogens (tertiary/aromatic N) is 1. The van der Waals surface area contributed by atoms with Crippen molar-refractivity contribution in [3.8, 4) is 0 Å². The molecule has 1 amide bonds. The van der Waals surface area contributed by atoms with Crippen molar-refractivity contribution in [3.05, 3.63) is 0 Å². The summed E-state index contributed by atoms with van der Waals surface area (Å²) in [5.74, 6) is 0. The zero-order chi connectivity index (χ0) is 16.8. The Bertz CT molecular complexity index is 414. The molecule has 0 unspecified atom stereocenters. The van der Waals surface area contributed by atoms with E-state index >= 15 is 0 Å². The molecule has 0 saturated carbocycles. The summed E-state index contributed by atoms with van der Waals surface area (Å²) >= 11 is 0. The largest absolute Gasteiger partial charge is 0.459 e. The highest BCUT2D eigenvalue weighted by Crippen LogP contribution is 2.39. The number of carbonyl (C=O) groups is 1. The van der Waals surface area contributed by atoms with Crippen molar-refractivity contribution in [3.63, 3.8) is 0 Å². The lowest BCUT2D eigenvalue weighted by atomic mass is 9.80. The minimum Gasteiger partial charge on any atom is -0.444 e. The van der Waals surface area contributed by atoms with Crippen LogP contribution in [-0.4, -0.2) is 47.5 Å². The second kappa shape index (κ2) is 5.71. The smallest absolute Gasteiger partial charge is 0.444 e. The maximum Gasteiger partial charge on any atom is 0.459 e. The third-order valence-electron chi connectivity index (χ3n) is 4.77. The van der Waals surface area contributed by atoms with E-state index in [1.54, 1.807) is 0 Å². The summed E-state index contributed by atoms with van der Waals surface area (Å²) in [6, 6.07) is 0.129. The van der Waals surface area contributed by atoms with E-state index in [4.69, 9.17) is 14.0 Å². The lowest BCUT2D eigenvalue weighted by Crippen LogP contribution is -2.41. The predicted molar refractivity (Wildman–Crippen MR) is 86.9 cm³/mol. The molecule has 0 spiro atoms. The molecule has 5 nitrogen and oxygen atoms in total. The molecule has 126 valence electrons. The molecule has 0 bridgehead atoms. The van der Waals surface area contributed by atoms with Gasteiger partial charge in [-0.1, -0.05) is 0 Å². The Morgan fingerprint density at radius 1 is 1.23 bits per heavy atom. The summed E-state index contributed by atoms with van der Waals surface area (Å²) in [6.07, 6.45) is 2.45. The fourth-order valence-electron chi connectivity index (χ4n) is 2.93. The molecule has 2 heterocycles. The highest BCUT2D eigenvalue weighted by Gasteiger charge is 2.52. The molecule has 0 radical (unpaired) electrons. The van der Waals surface area contributed by atoms with Gasteiger partial charge < -0.3 is 18.9 Å². The molecule has 2 aliphatic rings. The van der Waals surface area contributed by atoms with Crippen molar-refractivity contribution in [1.82, 2.24) is 4.90 Å². The number of rotatable bonds is 2. The average Bonchev–Trinajstić information content (AvgIpc) is 2.79. The average molecular weight is 311 g/mol. The van der Waals surface area contributed by atoms with E-state index in [2.05, 4.69) is 0 Å². The maximum absolute atomic E-state index is 12.3. The van der Waals surface area contributed by atoms with E-state index in [0.717, 1.165) is 19.4 Å².